The molecule has 0 saturated carbocycles. The number of fused-ring (bicyclic) bond motifs is 1. The molecule has 0 atom stereocenters. The third-order valence-corrected chi connectivity index (χ3v) is 8.65. The predicted octanol–water partition coefficient (Wildman–Crippen LogP) is 2.21. The number of nitrogens with one attached hydrogen (secondary N) is 2. The van der Waals surface area contributed by atoms with Gasteiger partial charge in [-0.15, -0.1) is 0 Å². The molecule has 0 aliphatic carbocycles. The number of methoxy groups -OCH3 is 1. The fourth-order valence-electron chi connectivity index (χ4n) is 4.60. The first-order valence-corrected chi connectivity index (χ1v) is 13.7. The normalized spacial score (nSPS) is 15.3. The van der Waals surface area contributed by atoms with Crippen molar-refractivity contribution in [3.63, 3.8) is 0 Å². The van der Waals surface area contributed by atoms with Gasteiger partial charge in [-0.3, -0.25) is 9.48 Å². The molecule has 1 aromatic carbocycles. The number of pyridine rings is 1. The number of hydrogen-bond donors (Lipinski definition) is 2. The Balaban J connectivity index is 1.65. The molecule has 1 saturated heterocycles. The van der Waals surface area contributed by atoms with Gasteiger partial charge in [-0.2, -0.15) is 10.4 Å². The molecule has 13 nitrogen and oxygen atoms in total. The second-order valence-electron chi connectivity index (χ2n) is 9.42. The van der Waals surface area contributed by atoms with Crippen molar-refractivity contribution < 1.29 is 22.7 Å². The van der Waals surface area contributed by atoms with Crippen LogP contribution in [0.3, 0.4) is 0 Å². The minimum absolute atomic E-state index is 0.125. The highest BCUT2D eigenvalue weighted by Gasteiger charge is 2.40. The molecule has 2 aromatic heterocycles. The lowest BCUT2D eigenvalue weighted by molar-refractivity contribution is 0.0502. The largest absolute Gasteiger partial charge is 0.447 e. The highest BCUT2D eigenvalue weighted by molar-refractivity contribution is 7.89. The van der Waals surface area contributed by atoms with Crippen molar-refractivity contribution in [1.29, 1.82) is 5.26 Å². The molecule has 0 unspecified atom stereocenters. The highest BCUT2D eigenvalue weighted by Crippen LogP contribution is 2.37. The first kappa shape index (κ1) is 28.1. The zero-order valence-electron chi connectivity index (χ0n) is 22.0. The average Bonchev–Trinajstić information content (AvgIpc) is 3.29. The Labute approximate surface area is 226 Å². The molecular formula is C25H31N7O6S. The number of aromatic nitrogens is 3. The first-order valence-electron chi connectivity index (χ1n) is 12.3. The number of nitrogens with zero attached hydrogens (tertiary/aromatic N) is 5. The van der Waals surface area contributed by atoms with Crippen molar-refractivity contribution in [2.24, 2.45) is 0 Å². The monoisotopic (exact) mass is 557 g/mol. The van der Waals surface area contributed by atoms with Crippen LogP contribution in [0.2, 0.25) is 0 Å². The van der Waals surface area contributed by atoms with Gasteiger partial charge in [0.25, 0.3) is 5.56 Å². The smallest absolute Gasteiger partial charge is 0.409 e. The SMILES string of the molecule is COCCOC(=O)N1CCC(CC#N)(n2nc(Nc3ccc(S(=O)(=O)N(C)C)cc3)c3c(=O)[nH]ccc32)CC1. The van der Waals surface area contributed by atoms with E-state index >= 15 is 0 Å². The van der Waals surface area contributed by atoms with Gasteiger partial charge < -0.3 is 24.7 Å². The molecule has 14 heteroatoms. The Kier molecular flexibility index (Phi) is 8.24. The van der Waals surface area contributed by atoms with E-state index in [0.717, 1.165) is 4.31 Å². The number of carbonyl (C=O) groups is 1. The number of benzene rings is 1. The number of H-pyrrole nitrogens is 1. The lowest BCUT2D eigenvalue weighted by atomic mass is 9.85. The Morgan fingerprint density at radius 3 is 2.51 bits per heavy atom. The fourth-order valence-corrected chi connectivity index (χ4v) is 5.51. The van der Waals surface area contributed by atoms with E-state index in [1.807, 2.05) is 0 Å². The molecule has 39 heavy (non-hydrogen) atoms. The number of ether oxygens (including phenoxy) is 2. The molecule has 4 rings (SSSR count). The molecule has 0 spiro atoms. The lowest BCUT2D eigenvalue weighted by Crippen LogP contribution is -2.48. The van der Waals surface area contributed by atoms with Gasteiger partial charge in [0.15, 0.2) is 5.82 Å². The summed E-state index contributed by atoms with van der Waals surface area (Å²) >= 11 is 0. The lowest BCUT2D eigenvalue weighted by Gasteiger charge is -2.40. The van der Waals surface area contributed by atoms with Crippen molar-refractivity contribution >= 4 is 38.5 Å². The van der Waals surface area contributed by atoms with Crippen LogP contribution in [0.1, 0.15) is 19.3 Å². The molecule has 0 bridgehead atoms. The maximum absolute atomic E-state index is 12.9. The van der Waals surface area contributed by atoms with Crippen LogP contribution in [0, 0.1) is 11.3 Å². The van der Waals surface area contributed by atoms with Crippen molar-refractivity contribution in [3.8, 4) is 6.07 Å². The Bertz CT molecular complexity index is 1530. The number of nitriles is 1. The van der Waals surface area contributed by atoms with E-state index in [4.69, 9.17) is 14.6 Å². The number of sulfonamides is 1. The van der Waals surface area contributed by atoms with E-state index < -0.39 is 21.7 Å². The predicted molar refractivity (Wildman–Crippen MR) is 143 cm³/mol. The molecule has 1 fully saturated rings. The van der Waals surface area contributed by atoms with E-state index in [-0.39, 0.29) is 29.3 Å². The summed E-state index contributed by atoms with van der Waals surface area (Å²) in [6, 6.07) is 10.1. The van der Waals surface area contributed by atoms with Crippen molar-refractivity contribution in [3.05, 3.63) is 46.9 Å². The van der Waals surface area contributed by atoms with E-state index in [1.54, 1.807) is 27.8 Å². The summed E-state index contributed by atoms with van der Waals surface area (Å²) in [7, 11) is 0.846. The molecule has 2 N–H and O–H groups in total. The number of anilines is 2. The van der Waals surface area contributed by atoms with Crippen molar-refractivity contribution in [1.82, 2.24) is 24.0 Å². The summed E-state index contributed by atoms with van der Waals surface area (Å²) in [4.78, 5) is 29.7. The maximum Gasteiger partial charge on any atom is 0.409 e. The minimum atomic E-state index is -3.59. The number of likely N-dealkylation sites (tertiary alicyclic amines) is 1. The Morgan fingerprint density at radius 1 is 1.21 bits per heavy atom. The summed E-state index contributed by atoms with van der Waals surface area (Å²) < 4.78 is 37.8. The molecule has 208 valence electrons. The third-order valence-electron chi connectivity index (χ3n) is 6.82. The van der Waals surface area contributed by atoms with Crippen LogP contribution in [0.25, 0.3) is 10.9 Å². The number of aromatic amines is 1. The first-order chi connectivity index (χ1) is 18.6. The van der Waals surface area contributed by atoms with E-state index in [0.29, 0.717) is 49.1 Å². The standard InChI is InChI=1S/C25H31N7O6S/c1-30(2)39(35,36)19-6-4-18(5-7-19)28-22-21-20(8-13-27-23(21)33)32(29-22)25(9-12-26)10-14-31(15-11-25)24(34)38-17-16-37-3/h4-8,13H,9-11,14-17H2,1-3H3,(H,27,33)(H,28,29). The molecule has 0 radical (unpaired) electrons. The van der Waals surface area contributed by atoms with Gasteiger partial charge in [0.1, 0.15) is 12.0 Å². The summed E-state index contributed by atoms with van der Waals surface area (Å²) in [5.74, 6) is 0.272. The van der Waals surface area contributed by atoms with E-state index in [1.165, 1.54) is 39.5 Å². The van der Waals surface area contributed by atoms with Gasteiger partial charge in [-0.1, -0.05) is 0 Å². The van der Waals surface area contributed by atoms with Crippen LogP contribution in [0.5, 0.6) is 0 Å². The summed E-state index contributed by atoms with van der Waals surface area (Å²) in [5, 5.41) is 17.9. The minimum Gasteiger partial charge on any atom is -0.447 e. The molecule has 1 aliphatic rings. The highest BCUT2D eigenvalue weighted by atomic mass is 32.2. The van der Waals surface area contributed by atoms with Crippen molar-refractivity contribution in [2.75, 3.05) is 52.8 Å². The molecular weight excluding hydrogens is 526 g/mol. The van der Waals surface area contributed by atoms with Gasteiger partial charge in [-0.05, 0) is 43.2 Å². The maximum atomic E-state index is 12.9. The van der Waals surface area contributed by atoms with Crippen LogP contribution in [-0.2, 0) is 25.0 Å². The zero-order chi connectivity index (χ0) is 28.2. The number of carbonyl (C=O) groups excluding carboxylic acids is 1. The van der Waals surface area contributed by atoms with Crippen LogP contribution in [0.15, 0.2) is 46.2 Å². The van der Waals surface area contributed by atoms with Gasteiger partial charge in [0.05, 0.1) is 35.0 Å². The second kappa shape index (κ2) is 11.4. The third kappa shape index (κ3) is 5.60. The van der Waals surface area contributed by atoms with Crippen LogP contribution in [-0.4, -0.2) is 86.0 Å². The van der Waals surface area contributed by atoms with E-state index in [2.05, 4.69) is 16.4 Å². The topological polar surface area (TPSA) is 163 Å². The number of piperidine rings is 1. The summed E-state index contributed by atoms with van der Waals surface area (Å²) in [6.07, 6.45) is 2.07. The Hall–Kier alpha value is -3.93. The average molecular weight is 558 g/mol. The quantitative estimate of drug-likeness (QED) is 0.376. The van der Waals surface area contributed by atoms with Crippen LogP contribution < -0.4 is 10.9 Å². The number of hydrogen-bond acceptors (Lipinski definition) is 9. The fraction of sp³-hybridized carbons (Fsp3) is 0.440. The molecule has 1 aliphatic heterocycles. The Morgan fingerprint density at radius 2 is 1.90 bits per heavy atom. The molecule has 3 aromatic rings. The zero-order valence-corrected chi connectivity index (χ0v) is 22.8. The van der Waals surface area contributed by atoms with Gasteiger partial charge in [-0.25, -0.2) is 17.5 Å². The number of rotatable bonds is 9. The number of amides is 1. The summed E-state index contributed by atoms with van der Waals surface area (Å²) in [5.41, 5.74) is -0.0440. The summed E-state index contributed by atoms with van der Waals surface area (Å²) in [6.45, 7) is 1.15. The molecule has 1 amide bonds. The molecule has 3 heterocycles. The van der Waals surface area contributed by atoms with E-state index in [9.17, 15) is 23.3 Å². The van der Waals surface area contributed by atoms with Crippen LogP contribution in [0.4, 0.5) is 16.3 Å². The van der Waals surface area contributed by atoms with Gasteiger partial charge in [0.2, 0.25) is 10.0 Å². The van der Waals surface area contributed by atoms with Crippen molar-refractivity contribution in [2.45, 2.75) is 29.7 Å². The van der Waals surface area contributed by atoms with Gasteiger partial charge >= 0.3 is 6.09 Å². The van der Waals surface area contributed by atoms with Gasteiger partial charge in [0, 0.05) is 46.2 Å². The second-order valence-corrected chi connectivity index (χ2v) is 11.6. The van der Waals surface area contributed by atoms with Crippen LogP contribution >= 0.6 is 0 Å².